The second-order valence-corrected chi connectivity index (χ2v) is 4.59. The van der Waals surface area contributed by atoms with Crippen molar-refractivity contribution < 1.29 is 4.79 Å². The number of aryl methyl sites for hydroxylation is 1. The first kappa shape index (κ1) is 11.9. The van der Waals surface area contributed by atoms with Crippen molar-refractivity contribution in [1.29, 1.82) is 0 Å². The summed E-state index contributed by atoms with van der Waals surface area (Å²) in [6, 6.07) is 5.87. The molecule has 0 unspecified atom stereocenters. The van der Waals surface area contributed by atoms with E-state index in [0.29, 0.717) is 0 Å². The monoisotopic (exact) mass is 229 g/mol. The molecule has 1 aromatic carbocycles. The lowest BCUT2D eigenvalue weighted by atomic mass is 10.00. The van der Waals surface area contributed by atoms with Crippen molar-refractivity contribution in [2.45, 2.75) is 26.2 Å². The fourth-order valence-corrected chi connectivity index (χ4v) is 2.41. The highest BCUT2D eigenvalue weighted by atomic mass is 16.2. The molecule has 17 heavy (non-hydrogen) atoms. The zero-order valence-electron chi connectivity index (χ0n) is 10.4. The number of hydrogen-bond donors (Lipinski definition) is 0. The number of hydrogen-bond acceptors (Lipinski definition) is 1. The van der Waals surface area contributed by atoms with Gasteiger partial charge in [-0.2, -0.15) is 0 Å². The van der Waals surface area contributed by atoms with Crippen molar-refractivity contribution in [3.8, 4) is 0 Å². The fourth-order valence-electron chi connectivity index (χ4n) is 2.41. The largest absolute Gasteiger partial charge is 0.339 e. The molecule has 1 saturated heterocycles. The summed E-state index contributed by atoms with van der Waals surface area (Å²) in [5, 5.41) is 0. The molecule has 0 N–H and O–H groups in total. The van der Waals surface area contributed by atoms with Gasteiger partial charge in [0.15, 0.2) is 0 Å². The molecule has 1 heterocycles. The van der Waals surface area contributed by atoms with Crippen LogP contribution in [0.4, 0.5) is 0 Å². The molecule has 2 nitrogen and oxygen atoms in total. The van der Waals surface area contributed by atoms with Crippen molar-refractivity contribution in [3.63, 3.8) is 0 Å². The maximum absolute atomic E-state index is 12.4. The van der Waals surface area contributed by atoms with Crippen molar-refractivity contribution in [2.24, 2.45) is 0 Å². The molecule has 0 aromatic heterocycles. The molecule has 0 aliphatic carbocycles. The molecule has 1 aliphatic rings. The van der Waals surface area contributed by atoms with Gasteiger partial charge in [0.05, 0.1) is 0 Å². The third-order valence-corrected chi connectivity index (χ3v) is 3.40. The van der Waals surface area contributed by atoms with Crippen molar-refractivity contribution >= 4 is 12.0 Å². The van der Waals surface area contributed by atoms with Crippen molar-refractivity contribution in [3.05, 3.63) is 41.5 Å². The topological polar surface area (TPSA) is 20.3 Å². The molecule has 0 bridgehead atoms. The Kier molecular flexibility index (Phi) is 3.62. The van der Waals surface area contributed by atoms with Gasteiger partial charge in [-0.25, -0.2) is 0 Å². The maximum atomic E-state index is 12.4. The lowest BCUT2D eigenvalue weighted by Gasteiger charge is -2.27. The van der Waals surface area contributed by atoms with E-state index in [-0.39, 0.29) is 5.91 Å². The first-order valence-corrected chi connectivity index (χ1v) is 6.25. The van der Waals surface area contributed by atoms with Crippen LogP contribution in [0.5, 0.6) is 0 Å². The standard InChI is InChI=1S/C15H19NO/c1-3-13-12(2)8-7-9-14(13)15(17)16-10-5-4-6-11-16/h3,7-9H,1,4-6,10-11H2,2H3. The van der Waals surface area contributed by atoms with Gasteiger partial charge < -0.3 is 4.90 Å². The Morgan fingerprint density at radius 2 is 2.00 bits per heavy atom. The Morgan fingerprint density at radius 1 is 1.29 bits per heavy atom. The summed E-state index contributed by atoms with van der Waals surface area (Å²) in [6.07, 6.45) is 5.28. The molecule has 0 saturated carbocycles. The number of benzene rings is 1. The Bertz CT molecular complexity index is 431. The molecule has 0 radical (unpaired) electrons. The maximum Gasteiger partial charge on any atom is 0.254 e. The van der Waals surface area contributed by atoms with Gasteiger partial charge in [-0.1, -0.05) is 24.8 Å². The quantitative estimate of drug-likeness (QED) is 0.762. The molecule has 2 heteroatoms. The molecular weight excluding hydrogens is 210 g/mol. The summed E-state index contributed by atoms with van der Waals surface area (Å²) >= 11 is 0. The summed E-state index contributed by atoms with van der Waals surface area (Å²) in [5.74, 6) is 0.156. The van der Waals surface area contributed by atoms with E-state index in [4.69, 9.17) is 0 Å². The van der Waals surface area contributed by atoms with E-state index in [9.17, 15) is 4.79 Å². The average molecular weight is 229 g/mol. The molecule has 1 amide bonds. The number of carbonyl (C=O) groups is 1. The second-order valence-electron chi connectivity index (χ2n) is 4.59. The molecule has 90 valence electrons. The molecule has 1 aromatic rings. The fraction of sp³-hybridized carbons (Fsp3) is 0.400. The highest BCUT2D eigenvalue weighted by molar-refractivity contribution is 5.98. The van der Waals surface area contributed by atoms with Gasteiger partial charge in [-0.15, -0.1) is 0 Å². The number of rotatable bonds is 2. The molecule has 0 atom stereocenters. The summed E-state index contributed by atoms with van der Waals surface area (Å²) < 4.78 is 0. The lowest BCUT2D eigenvalue weighted by Crippen LogP contribution is -2.36. The highest BCUT2D eigenvalue weighted by Crippen LogP contribution is 2.19. The Hall–Kier alpha value is -1.57. The van der Waals surface area contributed by atoms with Gasteiger partial charge in [0.1, 0.15) is 0 Å². The van der Waals surface area contributed by atoms with Gasteiger partial charge in [0.2, 0.25) is 0 Å². The minimum Gasteiger partial charge on any atom is -0.339 e. The molecule has 1 fully saturated rings. The average Bonchev–Trinajstić information content (AvgIpc) is 2.38. The van der Waals surface area contributed by atoms with Crippen molar-refractivity contribution in [2.75, 3.05) is 13.1 Å². The van der Waals surface area contributed by atoms with E-state index in [1.807, 2.05) is 30.0 Å². The van der Waals surface area contributed by atoms with Gasteiger partial charge in [-0.05, 0) is 43.4 Å². The number of nitrogens with zero attached hydrogens (tertiary/aromatic N) is 1. The number of piperidine rings is 1. The third kappa shape index (κ3) is 2.41. The normalized spacial score (nSPS) is 15.7. The summed E-state index contributed by atoms with van der Waals surface area (Å²) in [5.41, 5.74) is 2.88. The van der Waals surface area contributed by atoms with E-state index in [0.717, 1.165) is 42.6 Å². The van der Waals surface area contributed by atoms with Crippen LogP contribution >= 0.6 is 0 Å². The minimum atomic E-state index is 0.156. The van der Waals surface area contributed by atoms with Crippen LogP contribution in [0.2, 0.25) is 0 Å². The van der Waals surface area contributed by atoms with Gasteiger partial charge >= 0.3 is 0 Å². The first-order valence-electron chi connectivity index (χ1n) is 6.25. The van der Waals surface area contributed by atoms with Gasteiger partial charge in [0.25, 0.3) is 5.91 Å². The van der Waals surface area contributed by atoms with Crippen LogP contribution in [-0.4, -0.2) is 23.9 Å². The highest BCUT2D eigenvalue weighted by Gasteiger charge is 2.20. The van der Waals surface area contributed by atoms with Crippen LogP contribution < -0.4 is 0 Å². The molecule has 1 aliphatic heterocycles. The predicted octanol–water partition coefficient (Wildman–Crippen LogP) is 3.26. The van der Waals surface area contributed by atoms with E-state index >= 15 is 0 Å². The smallest absolute Gasteiger partial charge is 0.254 e. The third-order valence-electron chi connectivity index (χ3n) is 3.40. The lowest BCUT2D eigenvalue weighted by molar-refractivity contribution is 0.0724. The molecule has 0 spiro atoms. The van der Waals surface area contributed by atoms with E-state index in [1.165, 1.54) is 6.42 Å². The second kappa shape index (κ2) is 5.17. The Labute approximate surface area is 103 Å². The minimum absolute atomic E-state index is 0.156. The van der Waals surface area contributed by atoms with Crippen LogP contribution in [-0.2, 0) is 0 Å². The van der Waals surface area contributed by atoms with E-state index in [1.54, 1.807) is 6.08 Å². The zero-order chi connectivity index (χ0) is 12.3. The number of carbonyl (C=O) groups excluding carboxylic acids is 1. The Balaban J connectivity index is 2.29. The van der Waals surface area contributed by atoms with Crippen LogP contribution in [0.3, 0.4) is 0 Å². The molecular formula is C15H19NO. The van der Waals surface area contributed by atoms with Crippen LogP contribution in [0.15, 0.2) is 24.8 Å². The van der Waals surface area contributed by atoms with Gasteiger partial charge in [-0.3, -0.25) is 4.79 Å². The van der Waals surface area contributed by atoms with Crippen LogP contribution in [0.25, 0.3) is 6.08 Å². The zero-order valence-corrected chi connectivity index (χ0v) is 10.4. The summed E-state index contributed by atoms with van der Waals surface area (Å²) in [7, 11) is 0. The van der Waals surface area contributed by atoms with Crippen LogP contribution in [0.1, 0.15) is 40.7 Å². The van der Waals surface area contributed by atoms with E-state index < -0.39 is 0 Å². The van der Waals surface area contributed by atoms with Gasteiger partial charge in [0, 0.05) is 18.7 Å². The van der Waals surface area contributed by atoms with Crippen LogP contribution in [0, 0.1) is 6.92 Å². The van der Waals surface area contributed by atoms with E-state index in [2.05, 4.69) is 6.58 Å². The summed E-state index contributed by atoms with van der Waals surface area (Å²) in [6.45, 7) is 7.61. The Morgan fingerprint density at radius 3 is 2.65 bits per heavy atom. The molecule has 2 rings (SSSR count). The SMILES string of the molecule is C=Cc1c(C)cccc1C(=O)N1CCCCC1. The first-order chi connectivity index (χ1) is 8.24. The number of amides is 1. The summed E-state index contributed by atoms with van der Waals surface area (Å²) in [4.78, 5) is 14.4. The predicted molar refractivity (Wildman–Crippen MR) is 71.0 cm³/mol. The van der Waals surface area contributed by atoms with Crippen molar-refractivity contribution in [1.82, 2.24) is 4.90 Å². The number of likely N-dealkylation sites (tertiary alicyclic amines) is 1.